The first-order valence-electron chi connectivity index (χ1n) is 3.51. The molecule has 0 aliphatic carbocycles. The van der Waals surface area contributed by atoms with Crippen molar-refractivity contribution in [3.05, 3.63) is 18.2 Å². The zero-order valence-electron chi connectivity index (χ0n) is 6.37. The molecule has 0 saturated carbocycles. The lowest BCUT2D eigenvalue weighted by Gasteiger charge is -2.06. The second kappa shape index (κ2) is 3.88. The molecule has 4 heteroatoms. The molecule has 0 fully saturated rings. The van der Waals surface area contributed by atoms with E-state index < -0.39 is 0 Å². The number of nitrogens with one attached hydrogen (secondary N) is 2. The third-order valence-corrected chi connectivity index (χ3v) is 1.44. The van der Waals surface area contributed by atoms with Crippen molar-refractivity contribution in [2.24, 2.45) is 0 Å². The summed E-state index contributed by atoms with van der Waals surface area (Å²) in [5, 5.41) is 2.97. The molecule has 0 aliphatic rings. The number of hydrogen-bond acceptors (Lipinski definition) is 3. The van der Waals surface area contributed by atoms with E-state index in [4.69, 9.17) is 0 Å². The number of carbonyl (C=O) groups excluding carboxylic acids is 1. The fourth-order valence-corrected chi connectivity index (χ4v) is 0.836. The zero-order chi connectivity index (χ0) is 8.10. The van der Waals surface area contributed by atoms with Gasteiger partial charge in [-0.15, -0.1) is 0 Å². The summed E-state index contributed by atoms with van der Waals surface area (Å²) in [6.07, 6.45) is 4.28. The van der Waals surface area contributed by atoms with E-state index in [1.807, 2.05) is 6.92 Å². The number of rotatable bonds is 4. The number of hydrogen-bond donors (Lipinski definition) is 2. The van der Waals surface area contributed by atoms with Gasteiger partial charge in [0.15, 0.2) is 0 Å². The van der Waals surface area contributed by atoms with Gasteiger partial charge in [0.05, 0.1) is 12.6 Å². The standard InChI is InChI=1S/C7H11N3O/c1-6(8-4-5-11)7-9-2-3-10-7/h2-3,5-6,8H,4H2,1H3,(H,9,10). The molecule has 1 heterocycles. The molecule has 60 valence electrons. The van der Waals surface area contributed by atoms with Gasteiger partial charge in [-0.25, -0.2) is 4.98 Å². The molecular weight excluding hydrogens is 142 g/mol. The van der Waals surface area contributed by atoms with Crippen LogP contribution in [0.25, 0.3) is 0 Å². The molecule has 1 rings (SSSR count). The van der Waals surface area contributed by atoms with Gasteiger partial charge >= 0.3 is 0 Å². The highest BCUT2D eigenvalue weighted by atomic mass is 16.1. The molecule has 2 N–H and O–H groups in total. The van der Waals surface area contributed by atoms with E-state index in [1.165, 1.54) is 0 Å². The number of aromatic nitrogens is 2. The summed E-state index contributed by atoms with van der Waals surface area (Å²) in [5.74, 6) is 0.854. The SMILES string of the molecule is CC(NCC=O)c1ncc[nH]1. The monoisotopic (exact) mass is 153 g/mol. The molecule has 1 unspecified atom stereocenters. The minimum absolute atomic E-state index is 0.107. The van der Waals surface area contributed by atoms with Crippen molar-refractivity contribution in [3.8, 4) is 0 Å². The summed E-state index contributed by atoms with van der Waals surface area (Å²) in [5.41, 5.74) is 0. The van der Waals surface area contributed by atoms with Crippen LogP contribution in [-0.4, -0.2) is 22.8 Å². The molecular formula is C7H11N3O. The van der Waals surface area contributed by atoms with Crippen LogP contribution in [0.1, 0.15) is 18.8 Å². The van der Waals surface area contributed by atoms with Crippen molar-refractivity contribution < 1.29 is 4.79 Å². The van der Waals surface area contributed by atoms with Gasteiger partial charge in [0.1, 0.15) is 12.1 Å². The van der Waals surface area contributed by atoms with E-state index in [9.17, 15) is 4.79 Å². The number of H-pyrrole nitrogens is 1. The lowest BCUT2D eigenvalue weighted by Crippen LogP contribution is -2.21. The average molecular weight is 153 g/mol. The Morgan fingerprint density at radius 2 is 2.73 bits per heavy atom. The second-order valence-electron chi connectivity index (χ2n) is 2.27. The molecule has 4 nitrogen and oxygen atoms in total. The first kappa shape index (κ1) is 7.94. The molecule has 0 aliphatic heterocycles. The highest BCUT2D eigenvalue weighted by molar-refractivity contribution is 5.51. The molecule has 0 aromatic carbocycles. The Kier molecular flexibility index (Phi) is 2.80. The van der Waals surface area contributed by atoms with E-state index in [-0.39, 0.29) is 6.04 Å². The summed E-state index contributed by atoms with van der Waals surface area (Å²) >= 11 is 0. The highest BCUT2D eigenvalue weighted by Gasteiger charge is 2.04. The fourth-order valence-electron chi connectivity index (χ4n) is 0.836. The summed E-state index contributed by atoms with van der Waals surface area (Å²) in [7, 11) is 0. The number of aromatic amines is 1. The van der Waals surface area contributed by atoms with Gasteiger partial charge in [0.25, 0.3) is 0 Å². The maximum Gasteiger partial charge on any atom is 0.133 e. The lowest BCUT2D eigenvalue weighted by molar-refractivity contribution is -0.107. The smallest absolute Gasteiger partial charge is 0.133 e. The lowest BCUT2D eigenvalue weighted by atomic mass is 10.3. The van der Waals surface area contributed by atoms with Crippen LogP contribution >= 0.6 is 0 Å². The van der Waals surface area contributed by atoms with Gasteiger partial charge < -0.3 is 15.1 Å². The zero-order valence-corrected chi connectivity index (χ0v) is 6.37. The molecule has 0 bridgehead atoms. The van der Waals surface area contributed by atoms with Gasteiger partial charge in [0.2, 0.25) is 0 Å². The molecule has 1 atom stereocenters. The summed E-state index contributed by atoms with van der Waals surface area (Å²) in [4.78, 5) is 17.0. The van der Waals surface area contributed by atoms with Gasteiger partial charge in [-0.05, 0) is 6.92 Å². The van der Waals surface area contributed by atoms with Gasteiger partial charge in [-0.3, -0.25) is 0 Å². The van der Waals surface area contributed by atoms with E-state index in [0.717, 1.165) is 12.1 Å². The van der Waals surface area contributed by atoms with Crippen LogP contribution in [0.5, 0.6) is 0 Å². The minimum atomic E-state index is 0.107. The number of carbonyl (C=O) groups is 1. The van der Waals surface area contributed by atoms with E-state index in [1.54, 1.807) is 12.4 Å². The van der Waals surface area contributed by atoms with Gasteiger partial charge in [-0.2, -0.15) is 0 Å². The Morgan fingerprint density at radius 1 is 1.91 bits per heavy atom. The third kappa shape index (κ3) is 2.16. The van der Waals surface area contributed by atoms with Crippen LogP contribution < -0.4 is 5.32 Å². The summed E-state index contributed by atoms with van der Waals surface area (Å²) < 4.78 is 0. The van der Waals surface area contributed by atoms with Crippen LogP contribution in [0.3, 0.4) is 0 Å². The van der Waals surface area contributed by atoms with Crippen molar-refractivity contribution in [2.45, 2.75) is 13.0 Å². The Labute approximate surface area is 65.0 Å². The molecule has 1 aromatic rings. The Hall–Kier alpha value is -1.16. The van der Waals surface area contributed by atoms with Gasteiger partial charge in [0, 0.05) is 12.4 Å². The molecule has 0 amide bonds. The molecule has 0 saturated heterocycles. The number of nitrogens with zero attached hydrogens (tertiary/aromatic N) is 1. The van der Waals surface area contributed by atoms with E-state index in [0.29, 0.717) is 6.54 Å². The number of aldehydes is 1. The Balaban J connectivity index is 2.42. The maximum atomic E-state index is 9.99. The Morgan fingerprint density at radius 3 is 3.27 bits per heavy atom. The summed E-state index contributed by atoms with van der Waals surface area (Å²) in [6, 6.07) is 0.107. The normalized spacial score (nSPS) is 12.8. The molecule has 0 spiro atoms. The number of imidazole rings is 1. The fraction of sp³-hybridized carbons (Fsp3) is 0.429. The topological polar surface area (TPSA) is 57.8 Å². The predicted octanol–water partition coefficient (Wildman–Crippen LogP) is 0.259. The molecule has 0 radical (unpaired) electrons. The Bertz CT molecular complexity index is 207. The van der Waals surface area contributed by atoms with Gasteiger partial charge in [-0.1, -0.05) is 0 Å². The van der Waals surface area contributed by atoms with E-state index >= 15 is 0 Å². The van der Waals surface area contributed by atoms with Crippen molar-refractivity contribution in [2.75, 3.05) is 6.54 Å². The highest BCUT2D eigenvalue weighted by Crippen LogP contribution is 2.03. The molecule has 1 aromatic heterocycles. The largest absolute Gasteiger partial charge is 0.347 e. The molecule has 11 heavy (non-hydrogen) atoms. The van der Waals surface area contributed by atoms with Crippen LogP contribution in [0.2, 0.25) is 0 Å². The van der Waals surface area contributed by atoms with Crippen molar-refractivity contribution in [1.82, 2.24) is 15.3 Å². The van der Waals surface area contributed by atoms with Crippen LogP contribution in [-0.2, 0) is 4.79 Å². The van der Waals surface area contributed by atoms with Crippen molar-refractivity contribution in [3.63, 3.8) is 0 Å². The van der Waals surface area contributed by atoms with Crippen LogP contribution in [0.4, 0.5) is 0 Å². The van der Waals surface area contributed by atoms with Crippen molar-refractivity contribution in [1.29, 1.82) is 0 Å². The van der Waals surface area contributed by atoms with E-state index in [2.05, 4.69) is 15.3 Å². The quantitative estimate of drug-likeness (QED) is 0.610. The van der Waals surface area contributed by atoms with Crippen LogP contribution in [0, 0.1) is 0 Å². The first-order valence-corrected chi connectivity index (χ1v) is 3.51. The third-order valence-electron chi connectivity index (χ3n) is 1.44. The van der Waals surface area contributed by atoms with Crippen LogP contribution in [0.15, 0.2) is 12.4 Å². The van der Waals surface area contributed by atoms with Crippen molar-refractivity contribution >= 4 is 6.29 Å². The maximum absolute atomic E-state index is 9.99. The first-order chi connectivity index (χ1) is 5.34. The minimum Gasteiger partial charge on any atom is -0.347 e. The predicted molar refractivity (Wildman–Crippen MR) is 41.1 cm³/mol. The summed E-state index contributed by atoms with van der Waals surface area (Å²) in [6.45, 7) is 2.31. The average Bonchev–Trinajstić information content (AvgIpc) is 2.52. The second-order valence-corrected chi connectivity index (χ2v) is 2.27.